The summed E-state index contributed by atoms with van der Waals surface area (Å²) >= 11 is 0. The monoisotopic (exact) mass is 306 g/mol. The van der Waals surface area contributed by atoms with Crippen LogP contribution < -0.4 is 15.6 Å². The SMILES string of the molecule is Cc1c(CN2CC[NH+](C)CC2)c([O-])n(CCO)c(=O)c1C#N. The first kappa shape index (κ1) is 16.5. The van der Waals surface area contributed by atoms with Crippen LogP contribution in [0.2, 0.25) is 0 Å². The Kier molecular flexibility index (Phi) is 5.19. The van der Waals surface area contributed by atoms with Gasteiger partial charge in [0.1, 0.15) is 11.6 Å². The van der Waals surface area contributed by atoms with E-state index < -0.39 is 5.56 Å². The number of aliphatic hydroxyl groups excluding tert-OH is 1. The number of nitriles is 1. The maximum atomic E-state index is 12.5. The second-order valence-electron chi connectivity index (χ2n) is 5.81. The normalized spacial score (nSPS) is 16.6. The van der Waals surface area contributed by atoms with E-state index in [-0.39, 0.29) is 24.6 Å². The van der Waals surface area contributed by atoms with Crippen molar-refractivity contribution in [2.24, 2.45) is 0 Å². The number of aliphatic hydroxyl groups is 1. The summed E-state index contributed by atoms with van der Waals surface area (Å²) in [7, 11) is 2.14. The number of hydrogen-bond acceptors (Lipinski definition) is 5. The quantitative estimate of drug-likeness (QED) is 0.637. The van der Waals surface area contributed by atoms with E-state index in [2.05, 4.69) is 11.9 Å². The number of aromatic nitrogens is 1. The van der Waals surface area contributed by atoms with Crippen LogP contribution in [0.1, 0.15) is 16.7 Å². The third kappa shape index (κ3) is 3.14. The van der Waals surface area contributed by atoms with Crippen molar-refractivity contribution in [2.45, 2.75) is 20.0 Å². The van der Waals surface area contributed by atoms with Crippen LogP contribution >= 0.6 is 0 Å². The molecule has 0 atom stereocenters. The lowest BCUT2D eigenvalue weighted by molar-refractivity contribution is -0.884. The molecule has 2 rings (SSSR count). The molecule has 0 aliphatic carbocycles. The van der Waals surface area contributed by atoms with Crippen LogP contribution in [0.3, 0.4) is 0 Å². The van der Waals surface area contributed by atoms with Gasteiger partial charge in [0.15, 0.2) is 0 Å². The van der Waals surface area contributed by atoms with E-state index >= 15 is 0 Å². The van der Waals surface area contributed by atoms with Crippen LogP contribution in [0.25, 0.3) is 0 Å². The van der Waals surface area contributed by atoms with Gasteiger partial charge in [0.25, 0.3) is 5.56 Å². The Hall–Kier alpha value is -1.88. The number of quaternary nitrogens is 1. The molecule has 1 aromatic rings. The van der Waals surface area contributed by atoms with Crippen LogP contribution in [0.5, 0.6) is 5.88 Å². The maximum Gasteiger partial charge on any atom is 0.268 e. The summed E-state index contributed by atoms with van der Waals surface area (Å²) in [4.78, 5) is 15.8. The molecule has 0 spiro atoms. The van der Waals surface area contributed by atoms with Crippen molar-refractivity contribution in [2.75, 3.05) is 39.8 Å². The topological polar surface area (TPSA) is 96.8 Å². The van der Waals surface area contributed by atoms with Crippen molar-refractivity contribution in [3.8, 4) is 11.9 Å². The number of nitrogens with one attached hydrogen (secondary N) is 1. The minimum Gasteiger partial charge on any atom is -0.860 e. The number of likely N-dealkylation sites (N-methyl/N-ethyl adjacent to an activating group) is 1. The average molecular weight is 306 g/mol. The summed E-state index contributed by atoms with van der Waals surface area (Å²) in [5, 5.41) is 30.8. The van der Waals surface area contributed by atoms with Gasteiger partial charge in [-0.2, -0.15) is 5.26 Å². The zero-order chi connectivity index (χ0) is 16.3. The van der Waals surface area contributed by atoms with Crippen molar-refractivity contribution in [3.05, 3.63) is 27.0 Å². The van der Waals surface area contributed by atoms with E-state index in [0.29, 0.717) is 17.7 Å². The van der Waals surface area contributed by atoms with E-state index in [9.17, 15) is 15.2 Å². The first-order valence-corrected chi connectivity index (χ1v) is 7.47. The van der Waals surface area contributed by atoms with Crippen molar-refractivity contribution < 1.29 is 15.1 Å². The van der Waals surface area contributed by atoms with Gasteiger partial charge in [-0.1, -0.05) is 0 Å². The molecule has 1 aliphatic heterocycles. The molecular formula is C15H22N4O3. The number of piperazine rings is 1. The Bertz CT molecular complexity index is 640. The lowest BCUT2D eigenvalue weighted by Gasteiger charge is -2.32. The molecule has 2 heterocycles. The van der Waals surface area contributed by atoms with Gasteiger partial charge in [-0.05, 0) is 23.9 Å². The average Bonchev–Trinajstić information content (AvgIpc) is 2.50. The second-order valence-corrected chi connectivity index (χ2v) is 5.81. The predicted octanol–water partition coefficient (Wildman–Crippen LogP) is -2.58. The molecule has 120 valence electrons. The molecule has 1 fully saturated rings. The molecule has 0 bridgehead atoms. The molecule has 2 N–H and O–H groups in total. The molecule has 1 aromatic heterocycles. The zero-order valence-corrected chi connectivity index (χ0v) is 13.1. The van der Waals surface area contributed by atoms with Gasteiger partial charge >= 0.3 is 0 Å². The summed E-state index contributed by atoms with van der Waals surface area (Å²) in [5.74, 6) is -0.387. The molecule has 0 saturated carbocycles. The molecule has 0 radical (unpaired) electrons. The van der Waals surface area contributed by atoms with Crippen LogP contribution in [0.4, 0.5) is 0 Å². The Morgan fingerprint density at radius 1 is 1.41 bits per heavy atom. The summed E-state index contributed by atoms with van der Waals surface area (Å²) in [6.07, 6.45) is 0. The Morgan fingerprint density at radius 3 is 2.59 bits per heavy atom. The first-order valence-electron chi connectivity index (χ1n) is 7.47. The maximum absolute atomic E-state index is 12.5. The van der Waals surface area contributed by atoms with E-state index in [4.69, 9.17) is 5.11 Å². The summed E-state index contributed by atoms with van der Waals surface area (Å²) in [5.41, 5.74) is 0.357. The van der Waals surface area contributed by atoms with Gasteiger partial charge in [0.05, 0.1) is 26.7 Å². The van der Waals surface area contributed by atoms with E-state index in [1.165, 1.54) is 4.90 Å². The number of nitrogens with zero attached hydrogens (tertiary/aromatic N) is 3. The first-order chi connectivity index (χ1) is 10.5. The summed E-state index contributed by atoms with van der Waals surface area (Å²) in [6, 6.07) is 1.90. The van der Waals surface area contributed by atoms with Crippen molar-refractivity contribution in [1.82, 2.24) is 9.47 Å². The smallest absolute Gasteiger partial charge is 0.268 e. The number of rotatable bonds is 4. The van der Waals surface area contributed by atoms with E-state index in [1.807, 2.05) is 6.07 Å². The molecule has 7 nitrogen and oxygen atoms in total. The van der Waals surface area contributed by atoms with Crippen LogP contribution in [0, 0.1) is 18.3 Å². The Labute approximate surface area is 129 Å². The lowest BCUT2D eigenvalue weighted by atomic mass is 10.0. The molecule has 7 heteroatoms. The fourth-order valence-corrected chi connectivity index (χ4v) is 2.80. The molecular weight excluding hydrogens is 284 g/mol. The minimum absolute atomic E-state index is 0.00259. The van der Waals surface area contributed by atoms with E-state index in [0.717, 1.165) is 30.7 Å². The van der Waals surface area contributed by atoms with Crippen LogP contribution in [-0.4, -0.2) is 54.4 Å². The molecule has 1 saturated heterocycles. The lowest BCUT2D eigenvalue weighted by Crippen LogP contribution is -3.11. The van der Waals surface area contributed by atoms with Crippen LogP contribution in [0.15, 0.2) is 4.79 Å². The highest BCUT2D eigenvalue weighted by Crippen LogP contribution is 2.21. The van der Waals surface area contributed by atoms with Crippen LogP contribution in [-0.2, 0) is 13.1 Å². The van der Waals surface area contributed by atoms with Crippen molar-refractivity contribution in [1.29, 1.82) is 5.26 Å². The second kappa shape index (κ2) is 6.92. The summed E-state index contributed by atoms with van der Waals surface area (Å²) in [6.45, 7) is 5.49. The van der Waals surface area contributed by atoms with Crippen molar-refractivity contribution in [3.63, 3.8) is 0 Å². The van der Waals surface area contributed by atoms with E-state index in [1.54, 1.807) is 6.92 Å². The van der Waals surface area contributed by atoms with Crippen molar-refractivity contribution >= 4 is 0 Å². The Morgan fingerprint density at radius 2 is 2.05 bits per heavy atom. The number of hydrogen-bond donors (Lipinski definition) is 2. The standard InChI is InChI=1S/C15H22N4O3/c1-11-12(9-16)14(21)19(7-8-20)15(22)13(11)10-18-5-3-17(2)4-6-18/h20,22H,3-8,10H2,1-2H3. The highest BCUT2D eigenvalue weighted by Gasteiger charge is 2.20. The van der Waals surface area contributed by atoms with Gasteiger partial charge < -0.3 is 19.7 Å². The van der Waals surface area contributed by atoms with Gasteiger partial charge in [-0.3, -0.25) is 9.69 Å². The largest absolute Gasteiger partial charge is 0.860 e. The third-order valence-corrected chi connectivity index (χ3v) is 4.32. The highest BCUT2D eigenvalue weighted by atomic mass is 16.3. The fourth-order valence-electron chi connectivity index (χ4n) is 2.80. The van der Waals surface area contributed by atoms with Gasteiger partial charge in [0, 0.05) is 26.2 Å². The molecule has 1 aliphatic rings. The zero-order valence-electron chi connectivity index (χ0n) is 13.1. The highest BCUT2D eigenvalue weighted by molar-refractivity contribution is 5.44. The van der Waals surface area contributed by atoms with Gasteiger partial charge in [0.2, 0.25) is 0 Å². The predicted molar refractivity (Wildman–Crippen MR) is 78.6 cm³/mol. The third-order valence-electron chi connectivity index (χ3n) is 4.32. The fraction of sp³-hybridized carbons (Fsp3) is 0.600. The van der Waals surface area contributed by atoms with Gasteiger partial charge in [-0.25, -0.2) is 0 Å². The number of pyridine rings is 1. The Balaban J connectivity index is 2.40. The van der Waals surface area contributed by atoms with Gasteiger partial charge in [-0.15, -0.1) is 0 Å². The minimum atomic E-state index is -0.606. The molecule has 0 unspecified atom stereocenters. The summed E-state index contributed by atoms with van der Waals surface area (Å²) < 4.78 is 0.974. The molecule has 22 heavy (non-hydrogen) atoms. The molecule has 0 aromatic carbocycles. The molecule has 0 amide bonds.